The maximum absolute atomic E-state index is 12.6. The Morgan fingerprint density at radius 3 is 2.77 bits per heavy atom. The van der Waals surface area contributed by atoms with E-state index < -0.39 is 12.0 Å². The Balaban J connectivity index is 1.85. The number of pyridine rings is 1. The van der Waals surface area contributed by atoms with Crippen LogP contribution in [0.15, 0.2) is 36.9 Å². The molecule has 1 N–H and O–H groups in total. The van der Waals surface area contributed by atoms with Gasteiger partial charge in [0.15, 0.2) is 0 Å². The molecule has 114 valence electrons. The van der Waals surface area contributed by atoms with Crippen molar-refractivity contribution in [2.24, 2.45) is 0 Å². The van der Waals surface area contributed by atoms with Crippen molar-refractivity contribution in [1.29, 1.82) is 0 Å². The van der Waals surface area contributed by atoms with Gasteiger partial charge < -0.3 is 10.0 Å². The van der Waals surface area contributed by atoms with Crippen molar-refractivity contribution < 1.29 is 14.7 Å². The summed E-state index contributed by atoms with van der Waals surface area (Å²) in [6.07, 6.45) is 8.05. The maximum atomic E-state index is 12.6. The first-order valence-corrected chi connectivity index (χ1v) is 7.08. The molecule has 0 saturated heterocycles. The van der Waals surface area contributed by atoms with E-state index in [4.69, 9.17) is 0 Å². The first kappa shape index (κ1) is 14.2. The van der Waals surface area contributed by atoms with Crippen molar-refractivity contribution in [1.82, 2.24) is 19.7 Å². The number of hydrogen-bond donors (Lipinski definition) is 1. The molecular formula is C15H16N4O3. The molecule has 0 spiro atoms. The Morgan fingerprint density at radius 1 is 1.41 bits per heavy atom. The van der Waals surface area contributed by atoms with Crippen LogP contribution < -0.4 is 0 Å². The first-order chi connectivity index (χ1) is 10.6. The lowest BCUT2D eigenvalue weighted by Crippen LogP contribution is -2.44. The van der Waals surface area contributed by atoms with Gasteiger partial charge >= 0.3 is 5.97 Å². The first-order valence-electron chi connectivity index (χ1n) is 7.08. The van der Waals surface area contributed by atoms with Crippen LogP contribution in [0.3, 0.4) is 0 Å². The average Bonchev–Trinajstić information content (AvgIpc) is 3.23. The van der Waals surface area contributed by atoms with Gasteiger partial charge in [-0.1, -0.05) is 0 Å². The van der Waals surface area contributed by atoms with Gasteiger partial charge in [0.1, 0.15) is 6.04 Å². The Hall–Kier alpha value is -2.70. The summed E-state index contributed by atoms with van der Waals surface area (Å²) in [6, 6.07) is 2.77. The summed E-state index contributed by atoms with van der Waals surface area (Å²) in [5.41, 5.74) is 1.12. The van der Waals surface area contributed by atoms with E-state index in [9.17, 15) is 14.7 Å². The molecule has 2 aromatic heterocycles. The minimum Gasteiger partial charge on any atom is -0.480 e. The second-order valence-electron chi connectivity index (χ2n) is 5.34. The predicted molar refractivity (Wildman–Crippen MR) is 77.6 cm³/mol. The van der Waals surface area contributed by atoms with Gasteiger partial charge in [-0.25, -0.2) is 9.48 Å². The zero-order valence-electron chi connectivity index (χ0n) is 12.1. The van der Waals surface area contributed by atoms with Crippen LogP contribution in [0.4, 0.5) is 0 Å². The Bertz CT molecular complexity index is 694. The number of hydrogen-bond acceptors (Lipinski definition) is 4. The molecule has 3 rings (SSSR count). The minimum absolute atomic E-state index is 0.0142. The van der Waals surface area contributed by atoms with Gasteiger partial charge in [0.2, 0.25) is 0 Å². The number of amides is 1. The van der Waals surface area contributed by atoms with Crippen molar-refractivity contribution >= 4 is 11.9 Å². The highest BCUT2D eigenvalue weighted by Crippen LogP contribution is 2.30. The third-order valence-corrected chi connectivity index (χ3v) is 3.69. The van der Waals surface area contributed by atoms with Crippen LogP contribution in [0.5, 0.6) is 0 Å². The van der Waals surface area contributed by atoms with E-state index in [2.05, 4.69) is 10.1 Å². The molecule has 2 aromatic rings. The molecule has 0 radical (unpaired) electrons. The number of carboxylic acids is 1. The summed E-state index contributed by atoms with van der Waals surface area (Å²) >= 11 is 0. The second kappa shape index (κ2) is 5.59. The van der Waals surface area contributed by atoms with E-state index in [1.165, 1.54) is 18.0 Å². The van der Waals surface area contributed by atoms with Crippen molar-refractivity contribution in [3.8, 4) is 5.69 Å². The van der Waals surface area contributed by atoms with Gasteiger partial charge in [-0.3, -0.25) is 9.78 Å². The summed E-state index contributed by atoms with van der Waals surface area (Å²) in [7, 11) is 0. The van der Waals surface area contributed by atoms with E-state index in [0.717, 1.165) is 18.5 Å². The van der Waals surface area contributed by atoms with Crippen LogP contribution in [-0.2, 0) is 4.79 Å². The largest absolute Gasteiger partial charge is 0.480 e. The number of rotatable bonds is 5. The molecule has 2 heterocycles. The fourth-order valence-electron chi connectivity index (χ4n) is 2.34. The highest BCUT2D eigenvalue weighted by Gasteiger charge is 2.39. The number of nitrogens with zero attached hydrogens (tertiary/aromatic N) is 4. The summed E-state index contributed by atoms with van der Waals surface area (Å²) in [5.74, 6) is -1.30. The molecule has 0 aromatic carbocycles. The Kier molecular flexibility index (Phi) is 3.62. The van der Waals surface area contributed by atoms with Gasteiger partial charge in [-0.05, 0) is 31.9 Å². The fraction of sp³-hybridized carbons (Fsp3) is 0.333. The van der Waals surface area contributed by atoms with Crippen molar-refractivity contribution in [3.05, 3.63) is 42.5 Å². The standard InChI is InChI=1S/C15H16N4O3/c1-10(15(21)22)19(12-4-5-12)14(20)11-7-17-18(9-11)13-3-2-6-16-8-13/h2-3,6-10,12H,4-5H2,1H3,(H,21,22). The molecule has 22 heavy (non-hydrogen) atoms. The average molecular weight is 300 g/mol. The van der Waals surface area contributed by atoms with Crippen molar-refractivity contribution in [2.45, 2.75) is 31.8 Å². The van der Waals surface area contributed by atoms with Gasteiger partial charge in [0, 0.05) is 18.4 Å². The lowest BCUT2D eigenvalue weighted by molar-refractivity contribution is -0.141. The third-order valence-electron chi connectivity index (χ3n) is 3.69. The Morgan fingerprint density at radius 2 is 2.18 bits per heavy atom. The van der Waals surface area contributed by atoms with E-state index >= 15 is 0 Å². The van der Waals surface area contributed by atoms with Gasteiger partial charge in [-0.15, -0.1) is 0 Å². The lowest BCUT2D eigenvalue weighted by Gasteiger charge is -2.25. The monoisotopic (exact) mass is 300 g/mol. The summed E-state index contributed by atoms with van der Waals surface area (Å²) in [5, 5.41) is 13.3. The normalized spacial score (nSPS) is 15.3. The van der Waals surface area contributed by atoms with E-state index in [1.807, 2.05) is 6.07 Å². The number of carbonyl (C=O) groups is 2. The van der Waals surface area contributed by atoms with Crippen LogP contribution in [0, 0.1) is 0 Å². The topological polar surface area (TPSA) is 88.3 Å². The van der Waals surface area contributed by atoms with E-state index in [1.54, 1.807) is 29.3 Å². The van der Waals surface area contributed by atoms with Crippen LogP contribution >= 0.6 is 0 Å². The molecule has 1 amide bonds. The van der Waals surface area contributed by atoms with Crippen LogP contribution in [0.2, 0.25) is 0 Å². The highest BCUT2D eigenvalue weighted by molar-refractivity contribution is 5.96. The van der Waals surface area contributed by atoms with Gasteiger partial charge in [0.25, 0.3) is 5.91 Å². The van der Waals surface area contributed by atoms with Crippen molar-refractivity contribution in [2.75, 3.05) is 0 Å². The summed E-state index contributed by atoms with van der Waals surface area (Å²) < 4.78 is 1.55. The van der Waals surface area contributed by atoms with Crippen molar-refractivity contribution in [3.63, 3.8) is 0 Å². The number of aromatic nitrogens is 3. The zero-order chi connectivity index (χ0) is 15.7. The van der Waals surface area contributed by atoms with E-state index in [0.29, 0.717) is 5.56 Å². The molecule has 0 bridgehead atoms. The van der Waals surface area contributed by atoms with E-state index in [-0.39, 0.29) is 11.9 Å². The fourth-order valence-corrected chi connectivity index (χ4v) is 2.34. The number of carbonyl (C=O) groups excluding carboxylic acids is 1. The zero-order valence-corrected chi connectivity index (χ0v) is 12.1. The minimum atomic E-state index is -1.00. The molecule has 1 aliphatic carbocycles. The molecule has 1 aliphatic rings. The second-order valence-corrected chi connectivity index (χ2v) is 5.34. The molecular weight excluding hydrogens is 284 g/mol. The predicted octanol–water partition coefficient (Wildman–Crippen LogP) is 1.35. The Labute approximate surface area is 127 Å². The number of carboxylic acid groups (broad SMARTS) is 1. The molecule has 1 unspecified atom stereocenters. The SMILES string of the molecule is CC(C(=O)O)N(C(=O)c1cnn(-c2cccnc2)c1)C1CC1. The highest BCUT2D eigenvalue weighted by atomic mass is 16.4. The molecule has 1 saturated carbocycles. The quantitative estimate of drug-likeness (QED) is 0.900. The van der Waals surface area contributed by atoms with Gasteiger partial charge in [0.05, 0.1) is 23.6 Å². The van der Waals surface area contributed by atoms with Crippen LogP contribution in [-0.4, -0.2) is 48.7 Å². The lowest BCUT2D eigenvalue weighted by atomic mass is 10.2. The molecule has 7 nitrogen and oxygen atoms in total. The van der Waals surface area contributed by atoms with Crippen LogP contribution in [0.25, 0.3) is 5.69 Å². The number of aliphatic carboxylic acids is 1. The molecule has 1 atom stereocenters. The summed E-state index contributed by atoms with van der Waals surface area (Å²) in [6.45, 7) is 1.53. The maximum Gasteiger partial charge on any atom is 0.326 e. The van der Waals surface area contributed by atoms with Gasteiger partial charge in [-0.2, -0.15) is 5.10 Å². The third kappa shape index (κ3) is 2.69. The molecule has 0 aliphatic heterocycles. The van der Waals surface area contributed by atoms with Crippen LogP contribution in [0.1, 0.15) is 30.1 Å². The molecule has 1 fully saturated rings. The molecule has 7 heteroatoms. The smallest absolute Gasteiger partial charge is 0.326 e. The summed E-state index contributed by atoms with van der Waals surface area (Å²) in [4.78, 5) is 29.3.